The van der Waals surface area contributed by atoms with Gasteiger partial charge in [-0.15, -0.1) is 0 Å². The zero-order valence-corrected chi connectivity index (χ0v) is 11.2. The van der Waals surface area contributed by atoms with Crippen LogP contribution in [0.25, 0.3) is 0 Å². The van der Waals surface area contributed by atoms with Gasteiger partial charge >= 0.3 is 0 Å². The van der Waals surface area contributed by atoms with Crippen LogP contribution in [0.3, 0.4) is 0 Å². The van der Waals surface area contributed by atoms with Crippen LogP contribution in [0.1, 0.15) is 25.7 Å². The summed E-state index contributed by atoms with van der Waals surface area (Å²) in [6, 6.07) is 1.52. The van der Waals surface area contributed by atoms with E-state index in [0.717, 1.165) is 0 Å². The van der Waals surface area contributed by atoms with E-state index in [0.29, 0.717) is 5.41 Å². The maximum Gasteiger partial charge on any atom is 0.0448 e. The minimum atomic E-state index is -0.846. The molecule has 1 fully saturated rings. The molecule has 0 amide bonds. The lowest BCUT2D eigenvalue weighted by atomic mass is 9.91. The fourth-order valence-electron chi connectivity index (χ4n) is 2.61. The lowest BCUT2D eigenvalue weighted by Crippen LogP contribution is -2.31. The van der Waals surface area contributed by atoms with Gasteiger partial charge in [0.2, 0.25) is 0 Å². The molecule has 12 heavy (non-hydrogen) atoms. The Balaban J connectivity index is 2.55. The molecular formula is C10H21BrSi. The predicted octanol–water partition coefficient (Wildman–Crippen LogP) is 4.28. The molecule has 0 nitrogen and oxygen atoms in total. The Hall–Kier alpha value is 0.697. The fourth-order valence-corrected chi connectivity index (χ4v) is 6.46. The van der Waals surface area contributed by atoms with E-state index in [2.05, 4.69) is 35.6 Å². The van der Waals surface area contributed by atoms with Crippen LogP contribution in [0.5, 0.6) is 0 Å². The first-order chi connectivity index (χ1) is 5.47. The van der Waals surface area contributed by atoms with E-state index in [1.54, 1.807) is 0 Å². The van der Waals surface area contributed by atoms with Crippen molar-refractivity contribution in [1.29, 1.82) is 0 Å². The third-order valence-electron chi connectivity index (χ3n) is 2.85. The van der Waals surface area contributed by atoms with Gasteiger partial charge in [0.25, 0.3) is 0 Å². The second kappa shape index (κ2) is 3.83. The molecule has 0 saturated heterocycles. The van der Waals surface area contributed by atoms with Gasteiger partial charge in [-0.25, -0.2) is 0 Å². The molecule has 0 unspecified atom stereocenters. The molecule has 0 atom stereocenters. The summed E-state index contributed by atoms with van der Waals surface area (Å²) in [6.07, 6.45) is 5.89. The third kappa shape index (κ3) is 2.88. The average molecular weight is 249 g/mol. The molecule has 0 radical (unpaired) electrons. The molecular weight excluding hydrogens is 228 g/mol. The summed E-state index contributed by atoms with van der Waals surface area (Å²) in [5.41, 5.74) is 0.699. The molecule has 1 aliphatic carbocycles. The summed E-state index contributed by atoms with van der Waals surface area (Å²) in [7, 11) is -0.846. The van der Waals surface area contributed by atoms with Gasteiger partial charge in [0, 0.05) is 13.4 Å². The lowest BCUT2D eigenvalue weighted by molar-refractivity contribution is 0.389. The van der Waals surface area contributed by atoms with Gasteiger partial charge in [0.05, 0.1) is 0 Å². The van der Waals surface area contributed by atoms with Gasteiger partial charge in [-0.05, 0) is 18.3 Å². The molecule has 1 aliphatic rings. The topological polar surface area (TPSA) is 0 Å². The van der Waals surface area contributed by atoms with Crippen LogP contribution in [0.15, 0.2) is 0 Å². The number of halogens is 1. The predicted molar refractivity (Wildman–Crippen MR) is 62.8 cm³/mol. The summed E-state index contributed by atoms with van der Waals surface area (Å²) < 4.78 is 0. The van der Waals surface area contributed by atoms with Gasteiger partial charge in [-0.2, -0.15) is 0 Å². The van der Waals surface area contributed by atoms with Crippen LogP contribution < -0.4 is 0 Å². The van der Waals surface area contributed by atoms with Crippen molar-refractivity contribution < 1.29 is 0 Å². The average Bonchev–Trinajstić information content (AvgIpc) is 2.34. The number of hydrogen-bond acceptors (Lipinski definition) is 0. The standard InChI is InChI=1S/C10H21BrSi/c1-12(2,3)9-10(8-11)6-4-5-7-10/h4-9H2,1-3H3. The van der Waals surface area contributed by atoms with E-state index >= 15 is 0 Å². The molecule has 0 aromatic rings. The SMILES string of the molecule is C[Si](C)(C)CC1(CBr)CCCC1. The molecule has 1 saturated carbocycles. The Morgan fingerprint density at radius 3 is 2.00 bits per heavy atom. The van der Waals surface area contributed by atoms with Crippen LogP contribution in [0, 0.1) is 5.41 Å². The Kier molecular flexibility index (Phi) is 3.44. The lowest BCUT2D eigenvalue weighted by Gasteiger charge is -2.32. The Bertz CT molecular complexity index is 142. The van der Waals surface area contributed by atoms with Crippen molar-refractivity contribution in [3.05, 3.63) is 0 Å². The molecule has 0 aromatic heterocycles. The smallest absolute Gasteiger partial charge is 0.0448 e. The van der Waals surface area contributed by atoms with Crippen molar-refractivity contribution >= 4 is 24.0 Å². The number of alkyl halides is 1. The Labute approximate surface area is 86.3 Å². The minimum absolute atomic E-state index is 0.699. The van der Waals surface area contributed by atoms with E-state index in [1.807, 2.05) is 0 Å². The molecule has 0 spiro atoms. The zero-order valence-electron chi connectivity index (χ0n) is 8.62. The normalized spacial score (nSPS) is 23.0. The van der Waals surface area contributed by atoms with Crippen LogP contribution >= 0.6 is 15.9 Å². The monoisotopic (exact) mass is 248 g/mol. The first-order valence-electron chi connectivity index (χ1n) is 5.04. The van der Waals surface area contributed by atoms with Crippen molar-refractivity contribution in [2.45, 2.75) is 51.4 Å². The quantitative estimate of drug-likeness (QED) is 0.517. The first kappa shape index (κ1) is 10.8. The van der Waals surface area contributed by atoms with E-state index < -0.39 is 8.07 Å². The second-order valence-corrected chi connectivity index (χ2v) is 11.6. The highest BCUT2D eigenvalue weighted by Crippen LogP contribution is 2.45. The zero-order chi connectivity index (χ0) is 9.24. The molecule has 0 aromatic carbocycles. The molecule has 72 valence electrons. The molecule has 0 aliphatic heterocycles. The van der Waals surface area contributed by atoms with E-state index in [1.165, 1.54) is 37.1 Å². The highest BCUT2D eigenvalue weighted by Gasteiger charge is 2.36. The summed E-state index contributed by atoms with van der Waals surface area (Å²) in [6.45, 7) is 7.49. The Morgan fingerprint density at radius 2 is 1.67 bits per heavy atom. The van der Waals surface area contributed by atoms with Crippen molar-refractivity contribution in [2.24, 2.45) is 5.41 Å². The summed E-state index contributed by atoms with van der Waals surface area (Å²) >= 11 is 3.71. The number of hydrogen-bond donors (Lipinski definition) is 0. The summed E-state index contributed by atoms with van der Waals surface area (Å²) in [5.74, 6) is 0. The maximum atomic E-state index is 3.71. The molecule has 0 N–H and O–H groups in total. The minimum Gasteiger partial charge on any atom is -0.0922 e. The van der Waals surface area contributed by atoms with Gasteiger partial charge in [0.15, 0.2) is 0 Å². The van der Waals surface area contributed by atoms with E-state index in [9.17, 15) is 0 Å². The van der Waals surface area contributed by atoms with Gasteiger partial charge < -0.3 is 0 Å². The van der Waals surface area contributed by atoms with Crippen molar-refractivity contribution in [2.75, 3.05) is 5.33 Å². The van der Waals surface area contributed by atoms with Crippen LogP contribution in [-0.2, 0) is 0 Å². The van der Waals surface area contributed by atoms with Crippen molar-refractivity contribution in [1.82, 2.24) is 0 Å². The summed E-state index contributed by atoms with van der Waals surface area (Å²) in [4.78, 5) is 0. The van der Waals surface area contributed by atoms with Crippen molar-refractivity contribution in [3.8, 4) is 0 Å². The molecule has 2 heteroatoms. The summed E-state index contributed by atoms with van der Waals surface area (Å²) in [5, 5.41) is 1.24. The van der Waals surface area contributed by atoms with Crippen LogP contribution in [-0.4, -0.2) is 13.4 Å². The first-order valence-corrected chi connectivity index (χ1v) is 9.86. The third-order valence-corrected chi connectivity index (χ3v) is 5.85. The second-order valence-electron chi connectivity index (χ2n) is 5.58. The van der Waals surface area contributed by atoms with Crippen LogP contribution in [0.2, 0.25) is 25.7 Å². The molecule has 0 bridgehead atoms. The Morgan fingerprint density at radius 1 is 1.17 bits per heavy atom. The highest BCUT2D eigenvalue weighted by atomic mass is 79.9. The van der Waals surface area contributed by atoms with Gasteiger partial charge in [-0.3, -0.25) is 0 Å². The largest absolute Gasteiger partial charge is 0.0922 e. The molecule has 0 heterocycles. The van der Waals surface area contributed by atoms with E-state index in [4.69, 9.17) is 0 Å². The fraction of sp³-hybridized carbons (Fsp3) is 1.00. The van der Waals surface area contributed by atoms with Crippen LogP contribution in [0.4, 0.5) is 0 Å². The highest BCUT2D eigenvalue weighted by molar-refractivity contribution is 9.09. The van der Waals surface area contributed by atoms with E-state index in [-0.39, 0.29) is 0 Å². The van der Waals surface area contributed by atoms with Crippen molar-refractivity contribution in [3.63, 3.8) is 0 Å². The number of rotatable bonds is 3. The maximum absolute atomic E-state index is 3.71. The van der Waals surface area contributed by atoms with Gasteiger partial charge in [-0.1, -0.05) is 54.5 Å². The van der Waals surface area contributed by atoms with Gasteiger partial charge in [0.1, 0.15) is 0 Å². The molecule has 1 rings (SSSR count).